The van der Waals surface area contributed by atoms with E-state index in [1.54, 1.807) is 26.1 Å². The predicted molar refractivity (Wildman–Crippen MR) is 119 cm³/mol. The van der Waals surface area contributed by atoms with Crippen LogP contribution in [0.25, 0.3) is 0 Å². The van der Waals surface area contributed by atoms with Crippen LogP contribution in [-0.2, 0) is 14.3 Å². The molecular formula is C21H34N4O3S. The van der Waals surface area contributed by atoms with E-state index in [1.807, 2.05) is 17.8 Å². The van der Waals surface area contributed by atoms with Gasteiger partial charge in [-0.3, -0.25) is 4.79 Å². The Morgan fingerprint density at radius 1 is 1.31 bits per heavy atom. The number of rotatable bonds is 11. The summed E-state index contributed by atoms with van der Waals surface area (Å²) in [6, 6.07) is 10.4. The highest BCUT2D eigenvalue weighted by molar-refractivity contribution is 7.99. The molecule has 0 aliphatic carbocycles. The molecule has 0 bridgehead atoms. The summed E-state index contributed by atoms with van der Waals surface area (Å²) < 4.78 is 10.7. The fourth-order valence-electron chi connectivity index (χ4n) is 2.95. The van der Waals surface area contributed by atoms with E-state index in [-0.39, 0.29) is 12.5 Å². The monoisotopic (exact) mass is 422 g/mol. The van der Waals surface area contributed by atoms with Crippen LogP contribution in [0.5, 0.6) is 0 Å². The van der Waals surface area contributed by atoms with Gasteiger partial charge < -0.3 is 24.6 Å². The van der Waals surface area contributed by atoms with Crippen LogP contribution in [0.3, 0.4) is 0 Å². The Balaban J connectivity index is 1.84. The summed E-state index contributed by atoms with van der Waals surface area (Å²) in [4.78, 5) is 21.6. The number of hydrogen-bond donors (Lipinski definition) is 1. The SMILES string of the molecule is COCCOCC1CCN(C(=NCC(=O)N(C)C)NCCSc2ccccc2)C1. The van der Waals surface area contributed by atoms with E-state index < -0.39 is 0 Å². The van der Waals surface area contributed by atoms with E-state index in [4.69, 9.17) is 9.47 Å². The summed E-state index contributed by atoms with van der Waals surface area (Å²) in [5.41, 5.74) is 0. The topological polar surface area (TPSA) is 66.4 Å². The number of methoxy groups -OCH3 is 1. The van der Waals surface area contributed by atoms with Crippen molar-refractivity contribution in [3.8, 4) is 0 Å². The lowest BCUT2D eigenvalue weighted by molar-refractivity contribution is -0.127. The van der Waals surface area contributed by atoms with Gasteiger partial charge in [-0.25, -0.2) is 4.99 Å². The van der Waals surface area contributed by atoms with Gasteiger partial charge >= 0.3 is 0 Å². The van der Waals surface area contributed by atoms with Gasteiger partial charge in [-0.2, -0.15) is 0 Å². The van der Waals surface area contributed by atoms with Gasteiger partial charge in [-0.15, -0.1) is 11.8 Å². The lowest BCUT2D eigenvalue weighted by Gasteiger charge is -2.22. The van der Waals surface area contributed by atoms with Crippen molar-refractivity contribution in [1.29, 1.82) is 0 Å². The number of hydrogen-bond acceptors (Lipinski definition) is 5. The molecule has 1 aromatic carbocycles. The van der Waals surface area contributed by atoms with Gasteiger partial charge in [0.15, 0.2) is 5.96 Å². The van der Waals surface area contributed by atoms with E-state index in [9.17, 15) is 4.79 Å². The first kappa shape index (κ1) is 23.5. The third-order valence-corrected chi connectivity index (χ3v) is 5.64. The fraction of sp³-hybridized carbons (Fsp3) is 0.619. The van der Waals surface area contributed by atoms with Crippen molar-refractivity contribution >= 4 is 23.6 Å². The minimum Gasteiger partial charge on any atom is -0.382 e. The second-order valence-corrected chi connectivity index (χ2v) is 8.35. The molecule has 162 valence electrons. The molecule has 0 radical (unpaired) electrons. The maximum absolute atomic E-state index is 12.0. The van der Waals surface area contributed by atoms with Crippen molar-refractivity contribution in [3.63, 3.8) is 0 Å². The molecule has 7 nitrogen and oxygen atoms in total. The molecule has 1 aromatic rings. The van der Waals surface area contributed by atoms with Gasteiger partial charge in [0, 0.05) is 57.4 Å². The smallest absolute Gasteiger partial charge is 0.243 e. The van der Waals surface area contributed by atoms with Crippen LogP contribution >= 0.6 is 11.8 Å². The number of benzene rings is 1. The molecule has 1 saturated heterocycles. The number of likely N-dealkylation sites (tertiary alicyclic amines) is 1. The molecule has 1 heterocycles. The Kier molecular flexibility index (Phi) is 10.9. The lowest BCUT2D eigenvalue weighted by atomic mass is 10.1. The molecular weight excluding hydrogens is 388 g/mol. The van der Waals surface area contributed by atoms with Crippen LogP contribution in [0.4, 0.5) is 0 Å². The predicted octanol–water partition coefficient (Wildman–Crippen LogP) is 1.80. The highest BCUT2D eigenvalue weighted by Crippen LogP contribution is 2.18. The summed E-state index contributed by atoms with van der Waals surface area (Å²) in [7, 11) is 5.19. The maximum atomic E-state index is 12.0. The number of ether oxygens (including phenoxy) is 2. The standard InChI is InChI=1S/C21H34N4O3S/c1-24(2)20(26)15-23-21(22-10-14-29-19-7-5-4-6-8-19)25-11-9-18(16-25)17-28-13-12-27-3/h4-8,18H,9-17H2,1-3H3,(H,22,23). The highest BCUT2D eigenvalue weighted by Gasteiger charge is 2.25. The van der Waals surface area contributed by atoms with Crippen molar-refractivity contribution in [2.45, 2.75) is 11.3 Å². The van der Waals surface area contributed by atoms with E-state index in [1.165, 1.54) is 4.90 Å². The zero-order chi connectivity index (χ0) is 20.9. The first-order valence-electron chi connectivity index (χ1n) is 10.1. The largest absolute Gasteiger partial charge is 0.382 e. The zero-order valence-electron chi connectivity index (χ0n) is 17.8. The van der Waals surface area contributed by atoms with Gasteiger partial charge in [0.25, 0.3) is 0 Å². The third-order valence-electron chi connectivity index (χ3n) is 4.63. The minimum absolute atomic E-state index is 0.00149. The summed E-state index contributed by atoms with van der Waals surface area (Å²) in [5, 5.41) is 3.45. The summed E-state index contributed by atoms with van der Waals surface area (Å²) in [6.45, 7) is 4.74. The molecule has 0 spiro atoms. The second-order valence-electron chi connectivity index (χ2n) is 7.18. The van der Waals surface area contributed by atoms with Crippen molar-refractivity contribution in [2.75, 3.05) is 73.0 Å². The second kappa shape index (κ2) is 13.5. The molecule has 29 heavy (non-hydrogen) atoms. The number of aliphatic imine (C=N–C) groups is 1. The van der Waals surface area contributed by atoms with Gasteiger partial charge in [0.2, 0.25) is 5.91 Å². The Labute approximate surface area is 178 Å². The molecule has 1 atom stereocenters. The van der Waals surface area contributed by atoms with Crippen LogP contribution in [0.2, 0.25) is 0 Å². The lowest BCUT2D eigenvalue weighted by Crippen LogP contribution is -2.42. The summed E-state index contributed by atoms with van der Waals surface area (Å²) >= 11 is 1.81. The van der Waals surface area contributed by atoms with Gasteiger partial charge in [0.1, 0.15) is 6.54 Å². The quantitative estimate of drug-likeness (QED) is 0.254. The van der Waals surface area contributed by atoms with E-state index in [0.717, 1.165) is 44.4 Å². The number of nitrogens with zero attached hydrogens (tertiary/aromatic N) is 3. The van der Waals surface area contributed by atoms with Crippen molar-refractivity contribution in [3.05, 3.63) is 30.3 Å². The molecule has 8 heteroatoms. The molecule has 1 amide bonds. The molecule has 1 N–H and O–H groups in total. The van der Waals surface area contributed by atoms with E-state index >= 15 is 0 Å². The molecule has 1 fully saturated rings. The van der Waals surface area contributed by atoms with Gasteiger partial charge in [-0.05, 0) is 18.6 Å². The van der Waals surface area contributed by atoms with Gasteiger partial charge in [0.05, 0.1) is 19.8 Å². The molecule has 1 aliphatic rings. The summed E-state index contributed by atoms with van der Waals surface area (Å²) in [5.74, 6) is 2.22. The van der Waals surface area contributed by atoms with Crippen molar-refractivity contribution in [2.24, 2.45) is 10.9 Å². The zero-order valence-corrected chi connectivity index (χ0v) is 18.6. The molecule has 1 unspecified atom stereocenters. The molecule has 0 saturated carbocycles. The van der Waals surface area contributed by atoms with Crippen LogP contribution < -0.4 is 5.32 Å². The Bertz CT molecular complexity index is 628. The minimum atomic E-state index is 0.00149. The van der Waals surface area contributed by atoms with Gasteiger partial charge in [-0.1, -0.05) is 18.2 Å². The van der Waals surface area contributed by atoms with E-state index in [0.29, 0.717) is 19.1 Å². The Hall–Kier alpha value is -1.77. The number of likely N-dealkylation sites (N-methyl/N-ethyl adjacent to an activating group) is 1. The Morgan fingerprint density at radius 2 is 2.10 bits per heavy atom. The average molecular weight is 423 g/mol. The summed E-state index contributed by atoms with van der Waals surface area (Å²) in [6.07, 6.45) is 1.06. The maximum Gasteiger partial charge on any atom is 0.243 e. The normalized spacial score (nSPS) is 16.9. The van der Waals surface area contributed by atoms with Crippen LogP contribution in [0.15, 0.2) is 40.2 Å². The first-order valence-corrected chi connectivity index (χ1v) is 11.1. The van der Waals surface area contributed by atoms with Crippen LogP contribution in [0, 0.1) is 5.92 Å². The number of nitrogens with one attached hydrogen (secondary N) is 1. The third kappa shape index (κ3) is 9.06. The molecule has 2 rings (SSSR count). The number of carbonyl (C=O) groups excluding carboxylic acids is 1. The fourth-order valence-corrected chi connectivity index (χ4v) is 3.74. The Morgan fingerprint density at radius 3 is 2.83 bits per heavy atom. The van der Waals surface area contributed by atoms with E-state index in [2.05, 4.69) is 39.5 Å². The van der Waals surface area contributed by atoms with Crippen molar-refractivity contribution in [1.82, 2.24) is 15.1 Å². The molecule has 0 aromatic heterocycles. The number of amides is 1. The number of guanidine groups is 1. The number of carbonyl (C=O) groups is 1. The molecule has 1 aliphatic heterocycles. The van der Waals surface area contributed by atoms with Crippen LogP contribution in [0.1, 0.15) is 6.42 Å². The first-order chi connectivity index (χ1) is 14.1. The highest BCUT2D eigenvalue weighted by atomic mass is 32.2. The van der Waals surface area contributed by atoms with Crippen molar-refractivity contribution < 1.29 is 14.3 Å². The number of thioether (sulfide) groups is 1. The van der Waals surface area contributed by atoms with Crippen LogP contribution in [-0.4, -0.2) is 94.6 Å². The average Bonchev–Trinajstić information content (AvgIpc) is 3.20.